The molecular weight excluding hydrogens is 380 g/mol. The zero-order chi connectivity index (χ0) is 19.8. The molecule has 5 rings (SSSR count). The Morgan fingerprint density at radius 1 is 1.34 bits per heavy atom. The molecule has 12 nitrogen and oxygen atoms in total. The molecule has 152 valence electrons. The van der Waals surface area contributed by atoms with Gasteiger partial charge in [-0.05, 0) is 18.9 Å². The van der Waals surface area contributed by atoms with Gasteiger partial charge in [-0.25, -0.2) is 9.79 Å². The lowest BCUT2D eigenvalue weighted by atomic mass is 10.3. The summed E-state index contributed by atoms with van der Waals surface area (Å²) in [6, 6.07) is 0.248. The Hall–Kier alpha value is -3.25. The molecule has 1 saturated heterocycles. The molecular formula is C17H20N8O4. The first-order chi connectivity index (χ1) is 14.2. The fraction of sp³-hybridized carbons (Fsp3) is 0.471. The van der Waals surface area contributed by atoms with Gasteiger partial charge in [0.15, 0.2) is 5.65 Å². The molecule has 0 bridgehead atoms. The van der Waals surface area contributed by atoms with Crippen LogP contribution in [-0.4, -0.2) is 73.2 Å². The molecule has 2 fully saturated rings. The molecule has 1 aliphatic carbocycles. The lowest BCUT2D eigenvalue weighted by molar-refractivity contribution is -0.0819. The van der Waals surface area contributed by atoms with E-state index < -0.39 is 5.69 Å². The Labute approximate surface area is 163 Å². The summed E-state index contributed by atoms with van der Waals surface area (Å²) in [6.07, 6.45) is 5.15. The van der Waals surface area contributed by atoms with Gasteiger partial charge in [-0.2, -0.15) is 19.6 Å². The molecule has 0 radical (unpaired) electrons. The largest absolute Gasteiger partial charge is 0.493 e. The first-order valence-corrected chi connectivity index (χ1v) is 9.41. The smallest absolute Gasteiger partial charge is 0.326 e. The van der Waals surface area contributed by atoms with Gasteiger partial charge < -0.3 is 24.9 Å². The average molecular weight is 400 g/mol. The fourth-order valence-corrected chi connectivity index (χ4v) is 3.02. The number of aromatic amines is 2. The van der Waals surface area contributed by atoms with E-state index in [1.54, 1.807) is 16.8 Å². The summed E-state index contributed by atoms with van der Waals surface area (Å²) in [7, 11) is 0. The maximum atomic E-state index is 11.4. The zero-order valence-corrected chi connectivity index (χ0v) is 15.5. The summed E-state index contributed by atoms with van der Waals surface area (Å²) >= 11 is 0. The Bertz CT molecular complexity index is 1200. The van der Waals surface area contributed by atoms with Crippen LogP contribution in [0.15, 0.2) is 16.0 Å². The molecule has 12 heteroatoms. The first kappa shape index (κ1) is 17.8. The third kappa shape index (κ3) is 3.84. The highest BCUT2D eigenvalue weighted by Crippen LogP contribution is 2.22. The van der Waals surface area contributed by atoms with Crippen molar-refractivity contribution in [2.45, 2.75) is 25.0 Å². The Kier molecular flexibility index (Phi) is 4.48. The number of hydrogen-bond donors (Lipinski definition) is 4. The molecule has 1 aliphatic heterocycles. The predicted octanol–water partition coefficient (Wildman–Crippen LogP) is -1.72. The lowest BCUT2D eigenvalue weighted by Crippen LogP contribution is -2.35. The van der Waals surface area contributed by atoms with E-state index in [-0.39, 0.29) is 23.7 Å². The van der Waals surface area contributed by atoms with Crippen LogP contribution in [0.2, 0.25) is 0 Å². The molecule has 3 aromatic heterocycles. The van der Waals surface area contributed by atoms with Gasteiger partial charge in [0.05, 0.1) is 38.2 Å². The number of aromatic nitrogens is 6. The quantitative estimate of drug-likeness (QED) is 0.394. The number of ether oxygens (including phenoxy) is 2. The third-order valence-corrected chi connectivity index (χ3v) is 4.63. The number of hydrogen-bond acceptors (Lipinski definition) is 9. The van der Waals surface area contributed by atoms with Crippen LogP contribution in [0.5, 0.6) is 5.88 Å². The van der Waals surface area contributed by atoms with Crippen LogP contribution in [0, 0.1) is 0 Å². The highest BCUT2D eigenvalue weighted by Gasteiger charge is 2.21. The first-order valence-electron chi connectivity index (χ1n) is 9.41. The van der Waals surface area contributed by atoms with E-state index in [0.717, 1.165) is 12.8 Å². The van der Waals surface area contributed by atoms with E-state index in [0.29, 0.717) is 48.8 Å². The molecule has 3 aromatic rings. The number of rotatable bonds is 5. The minimum Gasteiger partial charge on any atom is -0.493 e. The zero-order valence-electron chi connectivity index (χ0n) is 15.5. The molecule has 1 atom stereocenters. The van der Waals surface area contributed by atoms with Crippen molar-refractivity contribution in [3.05, 3.63) is 33.2 Å². The van der Waals surface area contributed by atoms with Crippen LogP contribution in [-0.2, 0) is 9.47 Å². The van der Waals surface area contributed by atoms with Gasteiger partial charge in [0, 0.05) is 11.8 Å². The number of H-pyrrole nitrogens is 2. The maximum absolute atomic E-state index is 11.4. The highest BCUT2D eigenvalue weighted by atomic mass is 16.6. The van der Waals surface area contributed by atoms with Crippen molar-refractivity contribution < 1.29 is 14.6 Å². The summed E-state index contributed by atoms with van der Waals surface area (Å²) in [4.78, 5) is 29.9. The Morgan fingerprint density at radius 2 is 2.24 bits per heavy atom. The van der Waals surface area contributed by atoms with Crippen molar-refractivity contribution in [2.24, 2.45) is 4.99 Å². The summed E-state index contributed by atoms with van der Waals surface area (Å²) in [5, 5.41) is 17.9. The van der Waals surface area contributed by atoms with Gasteiger partial charge in [-0.3, -0.25) is 4.98 Å². The van der Waals surface area contributed by atoms with Crippen molar-refractivity contribution in [2.75, 3.05) is 31.7 Å². The molecule has 29 heavy (non-hydrogen) atoms. The Balaban J connectivity index is 1.55. The number of fused-ring (bicyclic) bond motifs is 1. The second-order valence-electron chi connectivity index (χ2n) is 6.98. The van der Waals surface area contributed by atoms with Crippen LogP contribution in [0.1, 0.15) is 18.5 Å². The normalized spacial score (nSPS) is 21.2. The average Bonchev–Trinajstić information content (AvgIpc) is 3.36. The SMILES string of the molecule is O=c1[nH]c(O)c(/C=c2\cnn3c(=NC4CC4)nc(NCC4COCCO4)nc23)[nH]1. The summed E-state index contributed by atoms with van der Waals surface area (Å²) in [5.74, 6) is 0.145. The van der Waals surface area contributed by atoms with E-state index in [1.807, 2.05) is 0 Å². The second kappa shape index (κ2) is 7.29. The topological polar surface area (TPSA) is 155 Å². The van der Waals surface area contributed by atoms with Gasteiger partial charge in [0.2, 0.25) is 11.8 Å². The van der Waals surface area contributed by atoms with E-state index >= 15 is 0 Å². The summed E-state index contributed by atoms with van der Waals surface area (Å²) < 4.78 is 12.6. The number of nitrogens with one attached hydrogen (secondary N) is 3. The second-order valence-corrected chi connectivity index (χ2v) is 6.98. The van der Waals surface area contributed by atoms with E-state index in [4.69, 9.17) is 9.47 Å². The lowest BCUT2D eigenvalue weighted by Gasteiger charge is -2.22. The van der Waals surface area contributed by atoms with Gasteiger partial charge in [0.1, 0.15) is 5.69 Å². The fourth-order valence-electron chi connectivity index (χ4n) is 3.02. The molecule has 0 spiro atoms. The van der Waals surface area contributed by atoms with Crippen LogP contribution < -0.4 is 21.8 Å². The monoisotopic (exact) mass is 400 g/mol. The highest BCUT2D eigenvalue weighted by molar-refractivity contribution is 5.57. The van der Waals surface area contributed by atoms with Gasteiger partial charge in [-0.1, -0.05) is 0 Å². The number of anilines is 1. The van der Waals surface area contributed by atoms with Crippen molar-refractivity contribution in [1.82, 2.24) is 29.5 Å². The van der Waals surface area contributed by atoms with E-state index in [1.165, 1.54) is 0 Å². The minimum absolute atomic E-state index is 0.0785. The van der Waals surface area contributed by atoms with Gasteiger partial charge >= 0.3 is 5.69 Å². The third-order valence-electron chi connectivity index (χ3n) is 4.63. The molecule has 1 saturated carbocycles. The number of imidazole rings is 1. The molecule has 1 unspecified atom stereocenters. The molecule has 4 N–H and O–H groups in total. The molecule has 0 amide bonds. The molecule has 4 heterocycles. The van der Waals surface area contributed by atoms with Crippen LogP contribution >= 0.6 is 0 Å². The van der Waals surface area contributed by atoms with Crippen molar-refractivity contribution >= 4 is 17.7 Å². The summed E-state index contributed by atoms with van der Waals surface area (Å²) in [5.41, 5.74) is 0.698. The maximum Gasteiger partial charge on any atom is 0.326 e. The van der Waals surface area contributed by atoms with Crippen molar-refractivity contribution in [3.8, 4) is 5.88 Å². The van der Waals surface area contributed by atoms with Crippen LogP contribution in [0.25, 0.3) is 11.7 Å². The predicted molar refractivity (Wildman–Crippen MR) is 100 cm³/mol. The van der Waals surface area contributed by atoms with E-state index in [2.05, 4.69) is 35.3 Å². The van der Waals surface area contributed by atoms with Gasteiger partial charge in [-0.15, -0.1) is 0 Å². The van der Waals surface area contributed by atoms with Crippen molar-refractivity contribution in [1.29, 1.82) is 0 Å². The van der Waals surface area contributed by atoms with Crippen LogP contribution in [0.3, 0.4) is 0 Å². The summed E-state index contributed by atoms with van der Waals surface area (Å²) in [6.45, 7) is 2.18. The number of nitrogens with zero attached hydrogens (tertiary/aromatic N) is 5. The van der Waals surface area contributed by atoms with Gasteiger partial charge in [0.25, 0.3) is 5.62 Å². The number of aromatic hydroxyl groups is 1. The van der Waals surface area contributed by atoms with Crippen molar-refractivity contribution in [3.63, 3.8) is 0 Å². The Morgan fingerprint density at radius 3 is 2.97 bits per heavy atom. The minimum atomic E-state index is -0.499. The standard InChI is InChI=1S/C17H20N8O4/c26-14-12(21-17(27)23-14)5-9-6-19-25-13(9)22-15(24-16(25)20-10-1-2-10)18-7-11-8-28-3-4-29-11/h5-6,10-11,26H,1-4,7-8H2,(H,18,20,24)(H2,21,23,27)/b9-5+. The van der Waals surface area contributed by atoms with Crippen LogP contribution in [0.4, 0.5) is 5.95 Å². The molecule has 0 aromatic carbocycles. The molecule has 2 aliphatic rings. The van der Waals surface area contributed by atoms with E-state index in [9.17, 15) is 9.90 Å².